The van der Waals surface area contributed by atoms with Crippen LogP contribution in [0.1, 0.15) is 16.1 Å². The zero-order chi connectivity index (χ0) is 19.7. The van der Waals surface area contributed by atoms with Crippen LogP contribution in [-0.4, -0.2) is 42.4 Å². The molecule has 0 fully saturated rings. The number of carbonyl (C=O) groups is 1. The highest BCUT2D eigenvalue weighted by Gasteiger charge is 2.18. The van der Waals surface area contributed by atoms with Crippen molar-refractivity contribution in [2.24, 2.45) is 11.5 Å². The van der Waals surface area contributed by atoms with Crippen molar-refractivity contribution in [3.05, 3.63) is 53.9 Å². The zero-order valence-electron chi connectivity index (χ0n) is 13.5. The molecule has 2 aromatic rings. The summed E-state index contributed by atoms with van der Waals surface area (Å²) >= 11 is 0. The molecule has 1 aromatic carbocycles. The number of aliphatic hydroxyl groups excluding tert-OH is 1. The lowest BCUT2D eigenvalue weighted by Gasteiger charge is -2.08. The van der Waals surface area contributed by atoms with Crippen LogP contribution in [0, 0.1) is 16.7 Å². The van der Waals surface area contributed by atoms with Crippen molar-refractivity contribution in [3.63, 3.8) is 0 Å². The van der Waals surface area contributed by atoms with Crippen molar-refractivity contribution in [1.82, 2.24) is 4.57 Å². The fraction of sp³-hybridized carbons (Fsp3) is 0.133. The molecule has 0 radical (unpaired) electrons. The second-order valence-corrected chi connectivity index (χ2v) is 6.43. The molecule has 138 valence electrons. The quantitative estimate of drug-likeness (QED) is 0.309. The molecule has 0 aliphatic carbocycles. The van der Waals surface area contributed by atoms with Crippen LogP contribution in [0.25, 0.3) is 5.69 Å². The predicted octanol–water partition coefficient (Wildman–Crippen LogP) is -0.334. The van der Waals surface area contributed by atoms with E-state index in [1.165, 1.54) is 12.1 Å². The molecule has 0 unspecified atom stereocenters. The van der Waals surface area contributed by atoms with E-state index < -0.39 is 28.4 Å². The van der Waals surface area contributed by atoms with Gasteiger partial charge in [-0.2, -0.15) is 13.7 Å². The van der Waals surface area contributed by atoms with Crippen LogP contribution < -0.4 is 11.5 Å². The topological polar surface area (TPSA) is 185 Å². The first kappa shape index (κ1) is 20.7. The normalized spacial score (nSPS) is 10.2. The van der Waals surface area contributed by atoms with Crippen molar-refractivity contribution in [3.8, 4) is 11.8 Å². The van der Waals surface area contributed by atoms with Crippen molar-refractivity contribution < 1.29 is 22.5 Å². The number of nitrogens with two attached hydrogens (primary N) is 2. The van der Waals surface area contributed by atoms with Gasteiger partial charge in [0, 0.05) is 11.9 Å². The summed E-state index contributed by atoms with van der Waals surface area (Å²) in [5, 5.41) is 23.7. The molecule has 0 saturated heterocycles. The lowest BCUT2D eigenvalue weighted by Crippen LogP contribution is -2.20. The molecule has 0 amide bonds. The Labute approximate surface area is 149 Å². The summed E-state index contributed by atoms with van der Waals surface area (Å²) in [6, 6.07) is 11.3. The van der Waals surface area contributed by atoms with Crippen molar-refractivity contribution >= 4 is 22.0 Å². The highest BCUT2D eigenvalue weighted by molar-refractivity contribution is 7.87. The molecular formula is C15H17N5O5S. The third kappa shape index (κ3) is 6.27. The summed E-state index contributed by atoms with van der Waals surface area (Å²) in [4.78, 5) is 11.9. The van der Waals surface area contributed by atoms with Crippen LogP contribution in [0.15, 0.2) is 42.6 Å². The van der Waals surface area contributed by atoms with Crippen LogP contribution >= 0.6 is 0 Å². The van der Waals surface area contributed by atoms with E-state index in [1.807, 2.05) is 6.07 Å². The first-order chi connectivity index (χ1) is 12.2. The molecule has 0 atom stereocenters. The van der Waals surface area contributed by atoms with Crippen LogP contribution in [0.2, 0.25) is 0 Å². The van der Waals surface area contributed by atoms with Crippen LogP contribution in [0.4, 0.5) is 0 Å². The second kappa shape index (κ2) is 9.21. The molecule has 26 heavy (non-hydrogen) atoms. The first-order valence-corrected chi connectivity index (χ1v) is 8.62. The second-order valence-electron chi connectivity index (χ2n) is 4.74. The van der Waals surface area contributed by atoms with Gasteiger partial charge in [-0.1, -0.05) is 6.07 Å². The lowest BCUT2D eigenvalue weighted by molar-refractivity contribution is 0.0746. The minimum absolute atomic E-state index is 0.0246. The number of aromatic nitrogens is 1. The Balaban J connectivity index is 0.000000765. The van der Waals surface area contributed by atoms with Gasteiger partial charge < -0.3 is 25.3 Å². The maximum absolute atomic E-state index is 11.9. The number of rotatable bonds is 5. The average molecular weight is 379 g/mol. The van der Waals surface area contributed by atoms with Gasteiger partial charge in [-0.15, -0.1) is 0 Å². The summed E-state index contributed by atoms with van der Waals surface area (Å²) in [5.41, 5.74) is 9.87. The number of guanidine groups is 1. The van der Waals surface area contributed by atoms with Gasteiger partial charge in [0.15, 0.2) is 5.96 Å². The number of nitrogens with one attached hydrogen (secondary N) is 1. The number of nitrogens with zero attached hydrogens (tertiary/aromatic N) is 2. The van der Waals surface area contributed by atoms with Crippen molar-refractivity contribution in [2.45, 2.75) is 0 Å². The Hall–Kier alpha value is -3.36. The molecule has 11 heteroatoms. The van der Waals surface area contributed by atoms with Gasteiger partial charge in [-0.05, 0) is 30.3 Å². The van der Waals surface area contributed by atoms with E-state index in [4.69, 9.17) is 15.8 Å². The van der Waals surface area contributed by atoms with Crippen LogP contribution in [0.5, 0.6) is 0 Å². The number of hydrogen-bond acceptors (Lipinski definition) is 7. The maximum Gasteiger partial charge on any atom is 0.353 e. The van der Waals surface area contributed by atoms with E-state index in [0.29, 0.717) is 11.4 Å². The van der Waals surface area contributed by atoms with Gasteiger partial charge in [0.25, 0.3) is 0 Å². The summed E-state index contributed by atoms with van der Waals surface area (Å²) in [6.45, 7) is -0.634. The zero-order valence-corrected chi connectivity index (χ0v) is 14.3. The fourth-order valence-electron chi connectivity index (χ4n) is 1.80. The summed E-state index contributed by atoms with van der Waals surface area (Å²) < 4.78 is 28.7. The molecule has 1 aromatic heterocycles. The van der Waals surface area contributed by atoms with Gasteiger partial charge in [-0.25, -0.2) is 4.79 Å². The van der Waals surface area contributed by atoms with Gasteiger partial charge >= 0.3 is 16.1 Å². The number of hydrogen-bond donors (Lipinski definition) is 4. The molecule has 1 heterocycles. The lowest BCUT2D eigenvalue weighted by atomic mass is 10.2. The molecule has 6 N–H and O–H groups in total. The fourth-order valence-corrected chi connectivity index (χ4v) is 2.43. The largest absolute Gasteiger partial charge is 0.395 e. The molecule has 0 aliphatic rings. The number of aliphatic hydroxyl groups is 1. The van der Waals surface area contributed by atoms with E-state index in [1.54, 1.807) is 35.0 Å². The average Bonchev–Trinajstić information content (AvgIpc) is 3.02. The Kier molecular flexibility index (Phi) is 7.33. The smallest absolute Gasteiger partial charge is 0.353 e. The van der Waals surface area contributed by atoms with E-state index in [9.17, 15) is 13.2 Å². The van der Waals surface area contributed by atoms with Crippen molar-refractivity contribution in [2.75, 3.05) is 12.4 Å². The van der Waals surface area contributed by atoms with Crippen molar-refractivity contribution in [1.29, 1.82) is 10.7 Å². The van der Waals surface area contributed by atoms with E-state index >= 15 is 0 Å². The highest BCUT2D eigenvalue weighted by atomic mass is 32.2. The minimum Gasteiger partial charge on any atom is -0.395 e. The summed E-state index contributed by atoms with van der Waals surface area (Å²) in [5.74, 6) is -2.03. The SMILES string of the molecule is N#Cc1cccn1-c1cccc(C(=O)OS(=O)(=O)CCO)c1.N=C(N)N. The number of carbonyl (C=O) groups excluding carboxylic acids is 1. The molecule has 2 rings (SSSR count). The van der Waals surface area contributed by atoms with Crippen LogP contribution in [-0.2, 0) is 14.3 Å². The van der Waals surface area contributed by atoms with Gasteiger partial charge in [0.2, 0.25) is 0 Å². The Morgan fingerprint density at radius 3 is 2.54 bits per heavy atom. The highest BCUT2D eigenvalue weighted by Crippen LogP contribution is 2.15. The third-order valence-electron chi connectivity index (χ3n) is 2.77. The van der Waals surface area contributed by atoms with E-state index in [-0.39, 0.29) is 11.5 Å². The Morgan fingerprint density at radius 2 is 1.96 bits per heavy atom. The number of nitriles is 1. The summed E-state index contributed by atoms with van der Waals surface area (Å²) in [6.07, 6.45) is 1.64. The molecule has 0 saturated carbocycles. The molecule has 0 bridgehead atoms. The standard InChI is InChI=1S/C14H12N2O5S.CH5N3/c15-10-13-5-2-6-16(13)12-4-1-3-11(9-12)14(18)21-22(19,20)8-7-17;2-1(3)4/h1-6,9,17H,7-8H2;(H5,2,3,4). The van der Waals surface area contributed by atoms with Crippen LogP contribution in [0.3, 0.4) is 0 Å². The molecule has 0 aliphatic heterocycles. The maximum atomic E-state index is 11.9. The Bertz CT molecular complexity index is 926. The molecule has 0 spiro atoms. The van der Waals surface area contributed by atoms with Gasteiger partial charge in [-0.3, -0.25) is 5.41 Å². The first-order valence-electron chi connectivity index (χ1n) is 7.05. The number of benzene rings is 1. The summed E-state index contributed by atoms with van der Waals surface area (Å²) in [7, 11) is -4.12. The van der Waals surface area contributed by atoms with E-state index in [0.717, 1.165) is 0 Å². The van der Waals surface area contributed by atoms with Gasteiger partial charge in [0.1, 0.15) is 17.5 Å². The van der Waals surface area contributed by atoms with Gasteiger partial charge in [0.05, 0.1) is 12.2 Å². The van der Waals surface area contributed by atoms with E-state index in [2.05, 4.69) is 15.7 Å². The minimum atomic E-state index is -4.12. The molecule has 10 nitrogen and oxygen atoms in total. The predicted molar refractivity (Wildman–Crippen MR) is 92.9 cm³/mol. The third-order valence-corrected chi connectivity index (χ3v) is 3.86. The monoisotopic (exact) mass is 379 g/mol. The molecular weight excluding hydrogens is 362 g/mol. The Morgan fingerprint density at radius 1 is 1.31 bits per heavy atom.